The minimum absolute atomic E-state index is 0.0207. The molecule has 0 aromatic heterocycles. The van der Waals surface area contributed by atoms with E-state index in [-0.39, 0.29) is 30.2 Å². The van der Waals surface area contributed by atoms with Crippen LogP contribution in [0.3, 0.4) is 0 Å². The number of halogens is 1. The standard InChI is InChI=1S/C17H21FN2O5/c1-24-15-4-12(2-3-14(15)18)17(23)20-6-11-5-19(8-16(21)22)7-13(20)10-25-9-11/h2-4,11,13H,5-10H2,1H3,(H,21,22)/t11-,13-/m0/s1. The van der Waals surface area contributed by atoms with Crippen molar-refractivity contribution in [2.45, 2.75) is 6.04 Å². The van der Waals surface area contributed by atoms with E-state index < -0.39 is 11.8 Å². The molecule has 0 spiro atoms. The molecule has 8 heteroatoms. The first-order chi connectivity index (χ1) is 12.0. The van der Waals surface area contributed by atoms with Crippen molar-refractivity contribution in [3.05, 3.63) is 29.6 Å². The fourth-order valence-electron chi connectivity index (χ4n) is 3.47. The molecule has 2 aliphatic heterocycles. The molecular weight excluding hydrogens is 331 g/mol. The summed E-state index contributed by atoms with van der Waals surface area (Å²) in [6.07, 6.45) is 0. The maximum atomic E-state index is 13.6. The fourth-order valence-corrected chi connectivity index (χ4v) is 3.47. The summed E-state index contributed by atoms with van der Waals surface area (Å²) in [4.78, 5) is 27.6. The molecule has 0 unspecified atom stereocenters. The number of hydrogen-bond donors (Lipinski definition) is 1. The molecule has 136 valence electrons. The van der Waals surface area contributed by atoms with Crippen LogP contribution in [0.25, 0.3) is 0 Å². The van der Waals surface area contributed by atoms with Gasteiger partial charge in [0.25, 0.3) is 5.91 Å². The topological polar surface area (TPSA) is 79.3 Å². The zero-order valence-corrected chi connectivity index (χ0v) is 14.0. The van der Waals surface area contributed by atoms with Gasteiger partial charge in [0.15, 0.2) is 11.6 Å². The van der Waals surface area contributed by atoms with Gasteiger partial charge in [-0.2, -0.15) is 0 Å². The second-order valence-corrected chi connectivity index (χ2v) is 6.45. The number of rotatable bonds is 4. The summed E-state index contributed by atoms with van der Waals surface area (Å²) in [7, 11) is 1.35. The summed E-state index contributed by atoms with van der Waals surface area (Å²) in [5.41, 5.74) is 0.343. The molecule has 25 heavy (non-hydrogen) atoms. The second kappa shape index (κ2) is 7.37. The minimum atomic E-state index is -0.887. The average molecular weight is 352 g/mol. The maximum Gasteiger partial charge on any atom is 0.317 e. The van der Waals surface area contributed by atoms with Crippen LogP contribution in [0.15, 0.2) is 18.2 Å². The fraction of sp³-hybridized carbons (Fsp3) is 0.529. The quantitative estimate of drug-likeness (QED) is 0.859. The lowest BCUT2D eigenvalue weighted by Gasteiger charge is -2.30. The Hall–Kier alpha value is -2.19. The van der Waals surface area contributed by atoms with Gasteiger partial charge in [0.2, 0.25) is 0 Å². The number of carboxylic acid groups (broad SMARTS) is 1. The van der Waals surface area contributed by atoms with Crippen LogP contribution in [0.2, 0.25) is 0 Å². The molecule has 2 fully saturated rings. The summed E-state index contributed by atoms with van der Waals surface area (Å²) in [6, 6.07) is 3.80. The Kier molecular flexibility index (Phi) is 5.19. The van der Waals surface area contributed by atoms with E-state index in [1.54, 1.807) is 4.90 Å². The van der Waals surface area contributed by atoms with Crippen molar-refractivity contribution in [3.8, 4) is 5.75 Å². The summed E-state index contributed by atoms with van der Waals surface area (Å²) < 4.78 is 24.2. The maximum absolute atomic E-state index is 13.6. The van der Waals surface area contributed by atoms with Gasteiger partial charge in [-0.3, -0.25) is 14.5 Å². The molecule has 0 aliphatic carbocycles. The van der Waals surface area contributed by atoms with E-state index in [4.69, 9.17) is 14.6 Å². The molecule has 7 nitrogen and oxygen atoms in total. The van der Waals surface area contributed by atoms with Crippen LogP contribution in [-0.2, 0) is 9.53 Å². The molecule has 2 heterocycles. The Morgan fingerprint density at radius 3 is 2.84 bits per heavy atom. The SMILES string of the molecule is COc1cc(C(=O)N2C[C@H]3COC[C@@H]2CN(CC(=O)O)C3)ccc1F. The first-order valence-corrected chi connectivity index (χ1v) is 8.14. The third-order valence-electron chi connectivity index (χ3n) is 4.56. The molecule has 3 rings (SSSR count). The molecule has 0 radical (unpaired) electrons. The van der Waals surface area contributed by atoms with Crippen LogP contribution in [-0.4, -0.2) is 79.3 Å². The number of carbonyl (C=O) groups excluding carboxylic acids is 1. The predicted molar refractivity (Wildman–Crippen MR) is 86.2 cm³/mol. The lowest BCUT2D eigenvalue weighted by molar-refractivity contribution is -0.138. The van der Waals surface area contributed by atoms with Crippen LogP contribution in [0.5, 0.6) is 5.75 Å². The van der Waals surface area contributed by atoms with E-state index in [2.05, 4.69) is 0 Å². The summed E-state index contributed by atoms with van der Waals surface area (Å²) in [5.74, 6) is -1.58. The van der Waals surface area contributed by atoms with Crippen molar-refractivity contribution in [1.82, 2.24) is 9.80 Å². The van der Waals surface area contributed by atoms with Gasteiger partial charge in [0.05, 0.1) is 32.9 Å². The highest BCUT2D eigenvalue weighted by atomic mass is 19.1. The smallest absolute Gasteiger partial charge is 0.317 e. The lowest BCUT2D eigenvalue weighted by atomic mass is 10.1. The first kappa shape index (κ1) is 17.6. The van der Waals surface area contributed by atoms with Gasteiger partial charge in [-0.1, -0.05) is 0 Å². The van der Waals surface area contributed by atoms with Crippen molar-refractivity contribution in [2.24, 2.45) is 5.92 Å². The van der Waals surface area contributed by atoms with Gasteiger partial charge >= 0.3 is 5.97 Å². The molecular formula is C17H21FN2O5. The Morgan fingerprint density at radius 2 is 2.12 bits per heavy atom. The van der Waals surface area contributed by atoms with Crippen molar-refractivity contribution in [3.63, 3.8) is 0 Å². The number of aliphatic carboxylic acids is 1. The number of ether oxygens (including phenoxy) is 2. The summed E-state index contributed by atoms with van der Waals surface area (Å²) in [6.45, 7) is 2.28. The van der Waals surface area contributed by atoms with Gasteiger partial charge in [0.1, 0.15) is 0 Å². The lowest BCUT2D eigenvalue weighted by Crippen LogP contribution is -2.47. The second-order valence-electron chi connectivity index (χ2n) is 6.45. The monoisotopic (exact) mass is 352 g/mol. The van der Waals surface area contributed by atoms with Gasteiger partial charge < -0.3 is 19.5 Å². The number of methoxy groups -OCH3 is 1. The van der Waals surface area contributed by atoms with Crippen molar-refractivity contribution in [2.75, 3.05) is 46.5 Å². The van der Waals surface area contributed by atoms with Crippen LogP contribution in [0.4, 0.5) is 4.39 Å². The molecule has 1 aromatic carbocycles. The normalized spacial score (nSPS) is 23.8. The van der Waals surface area contributed by atoms with Gasteiger partial charge in [0, 0.05) is 31.1 Å². The van der Waals surface area contributed by atoms with Crippen molar-refractivity contribution in [1.29, 1.82) is 0 Å². The Bertz CT molecular complexity index is 668. The van der Waals surface area contributed by atoms with E-state index in [0.717, 1.165) is 0 Å². The molecule has 1 N–H and O–H groups in total. The van der Waals surface area contributed by atoms with Gasteiger partial charge in [-0.25, -0.2) is 4.39 Å². The largest absolute Gasteiger partial charge is 0.494 e. The number of amides is 1. The van der Waals surface area contributed by atoms with E-state index in [9.17, 15) is 14.0 Å². The molecule has 2 aliphatic rings. The number of carbonyl (C=O) groups is 2. The predicted octanol–water partition coefficient (Wildman–Crippen LogP) is 0.692. The van der Waals surface area contributed by atoms with Crippen molar-refractivity contribution < 1.29 is 28.6 Å². The van der Waals surface area contributed by atoms with Gasteiger partial charge in [-0.15, -0.1) is 0 Å². The molecule has 2 bridgehead atoms. The first-order valence-electron chi connectivity index (χ1n) is 8.14. The number of nitrogens with zero attached hydrogens (tertiary/aromatic N) is 2. The van der Waals surface area contributed by atoms with Crippen LogP contribution in [0, 0.1) is 11.7 Å². The summed E-state index contributed by atoms with van der Waals surface area (Å²) in [5, 5.41) is 9.05. The van der Waals surface area contributed by atoms with Gasteiger partial charge in [-0.05, 0) is 18.2 Å². The van der Waals surface area contributed by atoms with E-state index >= 15 is 0 Å². The zero-order chi connectivity index (χ0) is 18.0. The number of carboxylic acids is 1. The highest BCUT2D eigenvalue weighted by Gasteiger charge is 2.36. The highest BCUT2D eigenvalue weighted by molar-refractivity contribution is 5.95. The Labute approximate surface area is 144 Å². The molecule has 2 saturated heterocycles. The van der Waals surface area contributed by atoms with E-state index in [1.165, 1.54) is 25.3 Å². The Morgan fingerprint density at radius 1 is 1.32 bits per heavy atom. The minimum Gasteiger partial charge on any atom is -0.494 e. The van der Waals surface area contributed by atoms with E-state index in [0.29, 0.717) is 38.4 Å². The number of benzene rings is 1. The Balaban J connectivity index is 1.83. The molecule has 1 aromatic rings. The highest BCUT2D eigenvalue weighted by Crippen LogP contribution is 2.24. The third kappa shape index (κ3) is 3.91. The summed E-state index contributed by atoms with van der Waals surface area (Å²) >= 11 is 0. The zero-order valence-electron chi connectivity index (χ0n) is 14.0. The third-order valence-corrected chi connectivity index (χ3v) is 4.56. The average Bonchev–Trinajstić information content (AvgIpc) is 2.84. The number of hydrogen-bond acceptors (Lipinski definition) is 5. The molecule has 0 saturated carbocycles. The van der Waals surface area contributed by atoms with Crippen LogP contribution >= 0.6 is 0 Å². The molecule has 2 atom stereocenters. The number of fused-ring (bicyclic) bond motifs is 3. The van der Waals surface area contributed by atoms with E-state index in [1.807, 2.05) is 4.90 Å². The van der Waals surface area contributed by atoms with Crippen LogP contribution in [0.1, 0.15) is 10.4 Å². The van der Waals surface area contributed by atoms with Crippen molar-refractivity contribution >= 4 is 11.9 Å². The molecule has 1 amide bonds. The van der Waals surface area contributed by atoms with Crippen LogP contribution < -0.4 is 4.74 Å².